The van der Waals surface area contributed by atoms with Crippen molar-refractivity contribution in [1.82, 2.24) is 10.2 Å². The third kappa shape index (κ3) is 3.46. The second-order valence-corrected chi connectivity index (χ2v) is 4.57. The van der Waals surface area contributed by atoms with E-state index in [2.05, 4.69) is 21.2 Å². The van der Waals surface area contributed by atoms with Gasteiger partial charge < -0.3 is 15.3 Å². The number of nitrogens with zero attached hydrogens (tertiary/aromatic N) is 1. The first kappa shape index (κ1) is 14.5. The van der Waals surface area contributed by atoms with Crippen molar-refractivity contribution in [3.63, 3.8) is 0 Å². The Morgan fingerprint density at radius 1 is 1.44 bits per heavy atom. The fourth-order valence-corrected chi connectivity index (χ4v) is 1.78. The van der Waals surface area contributed by atoms with E-state index in [-0.39, 0.29) is 29.7 Å². The molecule has 0 saturated heterocycles. The summed E-state index contributed by atoms with van der Waals surface area (Å²) in [5, 5.41) is 12.2. The zero-order valence-corrected chi connectivity index (χ0v) is 11.8. The molecule has 0 atom stereocenters. The van der Waals surface area contributed by atoms with Crippen LogP contribution in [0.15, 0.2) is 22.7 Å². The van der Waals surface area contributed by atoms with Gasteiger partial charge in [0, 0.05) is 18.1 Å². The largest absolute Gasteiger partial charge is 0.507 e. The Morgan fingerprint density at radius 2 is 2.11 bits per heavy atom. The van der Waals surface area contributed by atoms with Gasteiger partial charge >= 0.3 is 0 Å². The molecule has 2 amide bonds. The molecule has 0 aliphatic carbocycles. The fraction of sp³-hybridized carbons (Fsp3) is 0.333. The van der Waals surface area contributed by atoms with Crippen molar-refractivity contribution in [2.75, 3.05) is 20.1 Å². The standard InChI is InChI=1S/C12H15BrN2O3/c1-3-15(7-11(17)14-2)12(18)9-5-4-8(13)6-10(9)16/h4-6,16H,3,7H2,1-2H3,(H,14,17). The molecule has 0 heterocycles. The van der Waals surface area contributed by atoms with Crippen LogP contribution in [-0.2, 0) is 4.79 Å². The number of halogens is 1. The van der Waals surface area contributed by atoms with E-state index in [4.69, 9.17) is 0 Å². The second-order valence-electron chi connectivity index (χ2n) is 3.65. The Bertz CT molecular complexity index is 463. The van der Waals surface area contributed by atoms with Gasteiger partial charge in [-0.1, -0.05) is 15.9 Å². The van der Waals surface area contributed by atoms with E-state index in [0.29, 0.717) is 11.0 Å². The monoisotopic (exact) mass is 314 g/mol. The van der Waals surface area contributed by atoms with Gasteiger partial charge in [0.1, 0.15) is 5.75 Å². The number of carbonyl (C=O) groups excluding carboxylic acids is 2. The van der Waals surface area contributed by atoms with E-state index in [1.165, 1.54) is 24.1 Å². The Hall–Kier alpha value is -1.56. The molecule has 0 spiro atoms. The molecule has 1 aromatic carbocycles. The SMILES string of the molecule is CCN(CC(=O)NC)C(=O)c1ccc(Br)cc1O. The van der Waals surface area contributed by atoms with E-state index >= 15 is 0 Å². The highest BCUT2D eigenvalue weighted by molar-refractivity contribution is 9.10. The maximum absolute atomic E-state index is 12.1. The summed E-state index contributed by atoms with van der Waals surface area (Å²) in [5.74, 6) is -0.724. The topological polar surface area (TPSA) is 69.6 Å². The summed E-state index contributed by atoms with van der Waals surface area (Å²) in [6.45, 7) is 2.14. The van der Waals surface area contributed by atoms with Crippen LogP contribution in [-0.4, -0.2) is 42.0 Å². The molecule has 0 unspecified atom stereocenters. The third-order valence-corrected chi connectivity index (χ3v) is 2.97. The lowest BCUT2D eigenvalue weighted by molar-refractivity contribution is -0.121. The smallest absolute Gasteiger partial charge is 0.258 e. The highest BCUT2D eigenvalue weighted by Crippen LogP contribution is 2.23. The molecule has 18 heavy (non-hydrogen) atoms. The zero-order valence-electron chi connectivity index (χ0n) is 10.2. The summed E-state index contributed by atoms with van der Waals surface area (Å²) in [5.41, 5.74) is 0.184. The average molecular weight is 315 g/mol. The molecule has 1 aromatic rings. The first-order valence-corrected chi connectivity index (χ1v) is 6.27. The number of nitrogens with one attached hydrogen (secondary N) is 1. The summed E-state index contributed by atoms with van der Waals surface area (Å²) in [4.78, 5) is 24.8. The van der Waals surface area contributed by atoms with Crippen LogP contribution in [0.2, 0.25) is 0 Å². The molecule has 0 fully saturated rings. The van der Waals surface area contributed by atoms with Crippen LogP contribution >= 0.6 is 15.9 Å². The minimum atomic E-state index is -0.369. The lowest BCUT2D eigenvalue weighted by Crippen LogP contribution is -2.39. The minimum Gasteiger partial charge on any atom is -0.507 e. The van der Waals surface area contributed by atoms with Gasteiger partial charge in [0.2, 0.25) is 5.91 Å². The van der Waals surface area contributed by atoms with Gasteiger partial charge in [0.15, 0.2) is 0 Å². The number of hydrogen-bond acceptors (Lipinski definition) is 3. The van der Waals surface area contributed by atoms with Crippen molar-refractivity contribution in [1.29, 1.82) is 0 Å². The summed E-state index contributed by atoms with van der Waals surface area (Å²) in [6.07, 6.45) is 0. The molecule has 6 heteroatoms. The molecule has 98 valence electrons. The maximum atomic E-state index is 12.1. The number of phenolic OH excluding ortho intramolecular Hbond substituents is 1. The van der Waals surface area contributed by atoms with E-state index in [0.717, 1.165) is 0 Å². The summed E-state index contributed by atoms with van der Waals surface area (Å²) >= 11 is 3.20. The zero-order chi connectivity index (χ0) is 13.7. The predicted molar refractivity (Wildman–Crippen MR) is 71.5 cm³/mol. The number of aromatic hydroxyl groups is 1. The Balaban J connectivity index is 2.93. The highest BCUT2D eigenvalue weighted by Gasteiger charge is 2.19. The van der Waals surface area contributed by atoms with Gasteiger partial charge in [0.25, 0.3) is 5.91 Å². The average Bonchev–Trinajstić information content (AvgIpc) is 2.34. The Morgan fingerprint density at radius 3 is 2.61 bits per heavy atom. The number of benzene rings is 1. The van der Waals surface area contributed by atoms with Gasteiger partial charge in [-0.3, -0.25) is 9.59 Å². The lowest BCUT2D eigenvalue weighted by atomic mass is 10.1. The van der Waals surface area contributed by atoms with E-state index in [1.54, 1.807) is 13.0 Å². The molecule has 0 aliphatic heterocycles. The van der Waals surface area contributed by atoms with Gasteiger partial charge in [0.05, 0.1) is 12.1 Å². The van der Waals surface area contributed by atoms with E-state index in [9.17, 15) is 14.7 Å². The number of likely N-dealkylation sites (N-methyl/N-ethyl adjacent to an activating group) is 2. The number of carbonyl (C=O) groups is 2. The second kappa shape index (κ2) is 6.39. The van der Waals surface area contributed by atoms with Crippen molar-refractivity contribution in [3.05, 3.63) is 28.2 Å². The predicted octanol–water partition coefficient (Wildman–Crippen LogP) is 1.36. The minimum absolute atomic E-state index is 0.0265. The van der Waals surface area contributed by atoms with Crippen LogP contribution in [0.1, 0.15) is 17.3 Å². The Kier molecular flexibility index (Phi) is 5.15. The van der Waals surface area contributed by atoms with E-state index < -0.39 is 0 Å². The van der Waals surface area contributed by atoms with Crippen molar-refractivity contribution in [3.8, 4) is 5.75 Å². The first-order chi connectivity index (χ1) is 8.49. The van der Waals surface area contributed by atoms with Crippen molar-refractivity contribution in [2.24, 2.45) is 0 Å². The van der Waals surface area contributed by atoms with Gasteiger partial charge in [-0.15, -0.1) is 0 Å². The summed E-state index contributed by atoms with van der Waals surface area (Å²) in [6, 6.07) is 4.63. The van der Waals surface area contributed by atoms with Crippen LogP contribution in [0.5, 0.6) is 5.75 Å². The van der Waals surface area contributed by atoms with Crippen LogP contribution in [0.4, 0.5) is 0 Å². The number of rotatable bonds is 4. The third-order valence-electron chi connectivity index (χ3n) is 2.47. The molecule has 0 radical (unpaired) electrons. The lowest BCUT2D eigenvalue weighted by Gasteiger charge is -2.20. The molecular formula is C12H15BrN2O3. The number of phenols is 1. The molecule has 0 bridgehead atoms. The molecule has 5 nitrogen and oxygen atoms in total. The molecule has 1 rings (SSSR count). The van der Waals surface area contributed by atoms with Crippen molar-refractivity contribution < 1.29 is 14.7 Å². The molecule has 0 aromatic heterocycles. The maximum Gasteiger partial charge on any atom is 0.258 e. The Labute approximate surface area is 114 Å². The van der Waals surface area contributed by atoms with Crippen LogP contribution < -0.4 is 5.32 Å². The summed E-state index contributed by atoms with van der Waals surface area (Å²) in [7, 11) is 1.51. The first-order valence-electron chi connectivity index (χ1n) is 5.48. The van der Waals surface area contributed by atoms with E-state index in [1.807, 2.05) is 0 Å². The highest BCUT2D eigenvalue weighted by atomic mass is 79.9. The molecule has 2 N–H and O–H groups in total. The van der Waals surface area contributed by atoms with Gasteiger partial charge in [-0.05, 0) is 25.1 Å². The number of hydrogen-bond donors (Lipinski definition) is 2. The summed E-state index contributed by atoms with van der Waals surface area (Å²) < 4.78 is 0.686. The van der Waals surface area contributed by atoms with Crippen LogP contribution in [0.3, 0.4) is 0 Å². The van der Waals surface area contributed by atoms with Crippen molar-refractivity contribution >= 4 is 27.7 Å². The van der Waals surface area contributed by atoms with Crippen LogP contribution in [0, 0.1) is 0 Å². The normalized spacial score (nSPS) is 9.94. The quantitative estimate of drug-likeness (QED) is 0.881. The molecule has 0 aliphatic rings. The molecule has 0 saturated carbocycles. The van der Waals surface area contributed by atoms with Gasteiger partial charge in [-0.2, -0.15) is 0 Å². The number of amides is 2. The fourth-order valence-electron chi connectivity index (χ4n) is 1.44. The van der Waals surface area contributed by atoms with Gasteiger partial charge in [-0.25, -0.2) is 0 Å². The van der Waals surface area contributed by atoms with Crippen LogP contribution in [0.25, 0.3) is 0 Å². The van der Waals surface area contributed by atoms with Crippen molar-refractivity contribution in [2.45, 2.75) is 6.92 Å². The molecular weight excluding hydrogens is 300 g/mol.